The van der Waals surface area contributed by atoms with Gasteiger partial charge >= 0.3 is 0 Å². The molecule has 5 nitrogen and oxygen atoms in total. The molecule has 1 aliphatic rings. The van der Waals surface area contributed by atoms with Crippen LogP contribution in [0.5, 0.6) is 0 Å². The van der Waals surface area contributed by atoms with Crippen molar-refractivity contribution in [3.8, 4) is 0 Å². The summed E-state index contributed by atoms with van der Waals surface area (Å²) in [6.45, 7) is 2.41. The van der Waals surface area contributed by atoms with Crippen molar-refractivity contribution in [1.29, 1.82) is 0 Å². The molecule has 1 aromatic heterocycles. The number of aromatic nitrogens is 1. The van der Waals surface area contributed by atoms with E-state index in [2.05, 4.69) is 10.3 Å². The number of carbonyl (C=O) groups excluding carboxylic acids is 1. The van der Waals surface area contributed by atoms with Crippen LogP contribution in [0.1, 0.15) is 48.0 Å². The number of nitrogens with zero attached hydrogens (tertiary/aromatic N) is 1. The number of rotatable bonds is 5. The summed E-state index contributed by atoms with van der Waals surface area (Å²) in [5.41, 5.74) is 12.7. The van der Waals surface area contributed by atoms with Crippen molar-refractivity contribution in [2.45, 2.75) is 45.1 Å². The van der Waals surface area contributed by atoms with Gasteiger partial charge in [0.05, 0.1) is 5.56 Å². The quantitative estimate of drug-likeness (QED) is 0.764. The molecule has 2 rings (SSSR count). The molecular formula is C15H24N4O. The molecular weight excluding hydrogens is 252 g/mol. The van der Waals surface area contributed by atoms with Crippen LogP contribution < -0.4 is 16.8 Å². The zero-order valence-corrected chi connectivity index (χ0v) is 12.1. The lowest BCUT2D eigenvalue weighted by Crippen LogP contribution is -2.38. The third-order valence-electron chi connectivity index (χ3n) is 4.20. The van der Waals surface area contributed by atoms with E-state index in [-0.39, 0.29) is 6.04 Å². The first-order chi connectivity index (χ1) is 9.63. The zero-order chi connectivity index (χ0) is 14.5. The molecule has 1 heterocycles. The van der Waals surface area contributed by atoms with Crippen LogP contribution in [0.15, 0.2) is 12.3 Å². The number of nitrogens with one attached hydrogen (secondary N) is 1. The Kier molecular flexibility index (Phi) is 4.95. The second kappa shape index (κ2) is 6.70. The van der Waals surface area contributed by atoms with E-state index < -0.39 is 5.91 Å². The highest BCUT2D eigenvalue weighted by Crippen LogP contribution is 2.28. The number of primary amides is 1. The molecule has 1 fully saturated rings. The molecule has 0 bridgehead atoms. The number of amides is 1. The smallest absolute Gasteiger partial charge is 0.252 e. The molecule has 5 N–H and O–H groups in total. The van der Waals surface area contributed by atoms with Gasteiger partial charge in [0.2, 0.25) is 0 Å². The summed E-state index contributed by atoms with van der Waals surface area (Å²) in [5, 5.41) is 3.35. The molecule has 0 aromatic carbocycles. The first kappa shape index (κ1) is 14.8. The Hall–Kier alpha value is -1.62. The maximum Gasteiger partial charge on any atom is 0.252 e. The van der Waals surface area contributed by atoms with E-state index in [0.29, 0.717) is 23.8 Å². The lowest BCUT2D eigenvalue weighted by Gasteiger charge is -2.31. The third-order valence-corrected chi connectivity index (χ3v) is 4.20. The molecule has 1 saturated carbocycles. The van der Waals surface area contributed by atoms with E-state index in [0.717, 1.165) is 5.56 Å². The summed E-state index contributed by atoms with van der Waals surface area (Å²) in [5.74, 6) is 0.674. The van der Waals surface area contributed by atoms with Crippen LogP contribution in [0.2, 0.25) is 0 Å². The molecule has 0 spiro atoms. The molecule has 5 heteroatoms. The topological polar surface area (TPSA) is 94.0 Å². The number of pyridine rings is 1. The van der Waals surface area contributed by atoms with E-state index in [1.165, 1.54) is 32.1 Å². The van der Waals surface area contributed by atoms with Gasteiger partial charge in [0.15, 0.2) is 0 Å². The Labute approximate surface area is 120 Å². The Morgan fingerprint density at radius 1 is 1.45 bits per heavy atom. The average Bonchev–Trinajstić information content (AvgIpc) is 2.45. The van der Waals surface area contributed by atoms with Crippen LogP contribution in [0.4, 0.5) is 5.82 Å². The van der Waals surface area contributed by atoms with Crippen LogP contribution in [0, 0.1) is 12.8 Å². The third kappa shape index (κ3) is 3.28. The molecule has 0 aliphatic heterocycles. The molecule has 1 unspecified atom stereocenters. The van der Waals surface area contributed by atoms with Gasteiger partial charge in [-0.15, -0.1) is 0 Å². The normalized spacial score (nSPS) is 17.7. The average molecular weight is 276 g/mol. The minimum atomic E-state index is -0.447. The highest BCUT2D eigenvalue weighted by Gasteiger charge is 2.24. The van der Waals surface area contributed by atoms with Gasteiger partial charge in [-0.3, -0.25) is 4.79 Å². The Morgan fingerprint density at radius 2 is 2.15 bits per heavy atom. The summed E-state index contributed by atoms with van der Waals surface area (Å²) >= 11 is 0. The van der Waals surface area contributed by atoms with Gasteiger partial charge in [-0.25, -0.2) is 4.98 Å². The van der Waals surface area contributed by atoms with E-state index in [9.17, 15) is 4.79 Å². The number of hydrogen-bond acceptors (Lipinski definition) is 4. The summed E-state index contributed by atoms with van der Waals surface area (Å²) in [7, 11) is 0. The second-order valence-corrected chi connectivity index (χ2v) is 5.60. The van der Waals surface area contributed by atoms with Gasteiger partial charge in [0, 0.05) is 18.8 Å². The lowest BCUT2D eigenvalue weighted by molar-refractivity contribution is 0.1000. The molecule has 0 saturated heterocycles. The lowest BCUT2D eigenvalue weighted by atomic mass is 9.84. The van der Waals surface area contributed by atoms with Crippen LogP contribution in [-0.2, 0) is 0 Å². The summed E-state index contributed by atoms with van der Waals surface area (Å²) in [4.78, 5) is 15.9. The Bertz CT molecular complexity index is 469. The van der Waals surface area contributed by atoms with Crippen molar-refractivity contribution in [3.63, 3.8) is 0 Å². The molecule has 1 atom stereocenters. The number of hydrogen-bond donors (Lipinski definition) is 3. The minimum absolute atomic E-state index is 0.155. The predicted molar refractivity (Wildman–Crippen MR) is 80.5 cm³/mol. The van der Waals surface area contributed by atoms with Crippen molar-refractivity contribution >= 4 is 11.7 Å². The van der Waals surface area contributed by atoms with Crippen molar-refractivity contribution in [1.82, 2.24) is 4.98 Å². The van der Waals surface area contributed by atoms with Gasteiger partial charge < -0.3 is 16.8 Å². The first-order valence-corrected chi connectivity index (χ1v) is 7.35. The summed E-state index contributed by atoms with van der Waals surface area (Å²) in [6.07, 6.45) is 7.89. The van der Waals surface area contributed by atoms with Crippen molar-refractivity contribution in [2.75, 3.05) is 11.9 Å². The van der Waals surface area contributed by atoms with Crippen molar-refractivity contribution in [2.24, 2.45) is 17.4 Å². The van der Waals surface area contributed by atoms with Gasteiger partial charge in [0.25, 0.3) is 5.91 Å². The fraction of sp³-hybridized carbons (Fsp3) is 0.600. The highest BCUT2D eigenvalue weighted by atomic mass is 16.1. The molecule has 110 valence electrons. The summed E-state index contributed by atoms with van der Waals surface area (Å²) in [6, 6.07) is 1.95. The molecule has 0 radical (unpaired) electrons. The number of carbonyl (C=O) groups is 1. The highest BCUT2D eigenvalue weighted by molar-refractivity contribution is 5.99. The van der Waals surface area contributed by atoms with Crippen molar-refractivity contribution in [3.05, 3.63) is 23.4 Å². The van der Waals surface area contributed by atoms with Crippen LogP contribution in [0.3, 0.4) is 0 Å². The Balaban J connectivity index is 2.18. The first-order valence-electron chi connectivity index (χ1n) is 7.35. The Morgan fingerprint density at radius 3 is 2.75 bits per heavy atom. The van der Waals surface area contributed by atoms with Gasteiger partial charge in [0.1, 0.15) is 5.82 Å². The van der Waals surface area contributed by atoms with E-state index in [1.54, 1.807) is 12.3 Å². The maximum atomic E-state index is 11.6. The van der Waals surface area contributed by atoms with Crippen LogP contribution >= 0.6 is 0 Å². The molecule has 1 aliphatic carbocycles. The molecule has 1 aromatic rings. The number of aryl methyl sites for hydroxylation is 1. The van der Waals surface area contributed by atoms with Crippen molar-refractivity contribution < 1.29 is 4.79 Å². The molecule has 1 amide bonds. The van der Waals surface area contributed by atoms with Gasteiger partial charge in [-0.05, 0) is 37.3 Å². The number of nitrogens with two attached hydrogens (primary N) is 2. The predicted octanol–water partition coefficient (Wildman–Crippen LogP) is 1.81. The van der Waals surface area contributed by atoms with Gasteiger partial charge in [-0.1, -0.05) is 19.3 Å². The van der Waals surface area contributed by atoms with Crippen LogP contribution in [0.25, 0.3) is 0 Å². The molecule has 20 heavy (non-hydrogen) atoms. The van der Waals surface area contributed by atoms with E-state index >= 15 is 0 Å². The fourth-order valence-corrected chi connectivity index (χ4v) is 3.06. The maximum absolute atomic E-state index is 11.6. The van der Waals surface area contributed by atoms with E-state index in [4.69, 9.17) is 11.5 Å². The SMILES string of the molecule is Cc1ccnc(NC(CN)C2CCCCC2)c1C(N)=O. The standard InChI is InChI=1S/C15H24N4O/c1-10-7-8-18-15(13(10)14(17)20)19-12(9-16)11-5-3-2-4-6-11/h7-8,11-12H,2-6,9,16H2,1H3,(H2,17,20)(H,18,19). The minimum Gasteiger partial charge on any atom is -0.365 e. The fourth-order valence-electron chi connectivity index (χ4n) is 3.06. The summed E-state index contributed by atoms with van der Waals surface area (Å²) < 4.78 is 0. The zero-order valence-electron chi connectivity index (χ0n) is 12.1. The van der Waals surface area contributed by atoms with Crippen LogP contribution in [-0.4, -0.2) is 23.5 Å². The second-order valence-electron chi connectivity index (χ2n) is 5.60. The monoisotopic (exact) mass is 276 g/mol. The van der Waals surface area contributed by atoms with E-state index in [1.807, 2.05) is 6.92 Å². The largest absolute Gasteiger partial charge is 0.365 e. The number of anilines is 1. The van der Waals surface area contributed by atoms with Gasteiger partial charge in [-0.2, -0.15) is 0 Å².